The summed E-state index contributed by atoms with van der Waals surface area (Å²) in [7, 11) is 6.14. The van der Waals surface area contributed by atoms with Crippen LogP contribution < -0.4 is 11.3 Å². The number of hydrogen-bond donors (Lipinski definition) is 5. The average molecular weight is 945 g/mol. The molecule has 15 heteroatoms. The fraction of sp³-hybridized carbons (Fsp3) is 0.750. The molecule has 3 rings (SSSR count). The standard InChI is InChI=1S/C51H84N4O10.CH4O/c1-33(19-23-41-24-21-39(7)51(62,65-41)48(58)49(59)54-27-15-14-18-43(54)50(60)61)16-12-11-13-17-34(2)28-38(6)47(57)46(64-10)31-36(4)29-37(5)44(56)26-20-35(3)30-40-22-25-42(55(52)53-8)45(32-40)63-9;1-2/h11-13,16-17,29,34-35,37-43,45-46,53,62H,14-15,18-28,30-32,52H2,1-10H3,(H,60,61);2H,1H3/b12-11+,17-13+,33-16+,36-29+;/t34-,35+,37-,38?,39?,40?,41?,42?,43?,45?,46?,51?;/m1./s1. The third-order valence-electron chi connectivity index (χ3n) is 14.2. The Morgan fingerprint density at radius 1 is 0.955 bits per heavy atom. The summed E-state index contributed by atoms with van der Waals surface area (Å²) in [6.07, 6.45) is 21.4. The summed E-state index contributed by atoms with van der Waals surface area (Å²) in [4.78, 5) is 66.0. The van der Waals surface area contributed by atoms with Crippen LogP contribution in [-0.4, -0.2) is 126 Å². The molecule has 2 saturated heterocycles. The Bertz CT molecular complexity index is 1700. The number of likely N-dealkylation sites (tertiary alicyclic amines) is 1. The summed E-state index contributed by atoms with van der Waals surface area (Å²) in [5, 5.41) is 29.6. The molecule has 67 heavy (non-hydrogen) atoms. The van der Waals surface area contributed by atoms with Crippen molar-refractivity contribution in [1.82, 2.24) is 15.4 Å². The number of carbonyl (C=O) groups excluding carboxylic acids is 4. The van der Waals surface area contributed by atoms with Crippen molar-refractivity contribution in [3.05, 3.63) is 47.6 Å². The minimum atomic E-state index is -2.29. The number of amides is 1. The minimum Gasteiger partial charge on any atom is -0.480 e. The monoisotopic (exact) mass is 945 g/mol. The van der Waals surface area contributed by atoms with Crippen molar-refractivity contribution in [1.29, 1.82) is 0 Å². The molecule has 382 valence electrons. The number of piperidine rings is 1. The number of aliphatic hydroxyl groups excluding tert-OH is 1. The first-order valence-electron chi connectivity index (χ1n) is 24.7. The Morgan fingerprint density at radius 3 is 2.30 bits per heavy atom. The zero-order chi connectivity index (χ0) is 50.4. The van der Waals surface area contributed by atoms with E-state index in [1.54, 1.807) is 26.3 Å². The van der Waals surface area contributed by atoms with Crippen molar-refractivity contribution in [3.63, 3.8) is 0 Å². The smallest absolute Gasteiger partial charge is 0.326 e. The molecular formula is C52H88N4O11. The molecule has 9 unspecified atom stereocenters. The lowest BCUT2D eigenvalue weighted by Crippen LogP contribution is -2.60. The molecule has 0 spiro atoms. The van der Waals surface area contributed by atoms with E-state index in [1.165, 1.54) is 0 Å². The van der Waals surface area contributed by atoms with Crippen LogP contribution in [0.15, 0.2) is 47.6 Å². The maximum Gasteiger partial charge on any atom is 0.326 e. The van der Waals surface area contributed by atoms with Gasteiger partial charge in [0, 0.05) is 65.5 Å². The Morgan fingerprint density at radius 2 is 1.66 bits per heavy atom. The zero-order valence-electron chi connectivity index (χ0n) is 42.7. The number of ether oxygens (including phenoxy) is 3. The van der Waals surface area contributed by atoms with Crippen LogP contribution in [0, 0.1) is 35.5 Å². The number of nitrogens with one attached hydrogen (secondary N) is 1. The van der Waals surface area contributed by atoms with Crippen molar-refractivity contribution in [2.45, 2.75) is 181 Å². The van der Waals surface area contributed by atoms with Crippen LogP contribution in [0.2, 0.25) is 0 Å². The Kier molecular flexibility index (Phi) is 27.0. The first-order valence-corrected chi connectivity index (χ1v) is 24.7. The van der Waals surface area contributed by atoms with Crippen LogP contribution in [0.4, 0.5) is 0 Å². The normalized spacial score (nSPS) is 27.5. The molecule has 1 saturated carbocycles. The molecule has 1 aliphatic carbocycles. The lowest BCUT2D eigenvalue weighted by molar-refractivity contribution is -0.263. The third kappa shape index (κ3) is 18.8. The number of rotatable bonds is 26. The number of hydrazine groups is 2. The van der Waals surface area contributed by atoms with Gasteiger partial charge in [0.25, 0.3) is 11.7 Å². The second-order valence-corrected chi connectivity index (χ2v) is 19.7. The summed E-state index contributed by atoms with van der Waals surface area (Å²) in [5.41, 5.74) is 5.06. The predicted octanol–water partition coefficient (Wildman–Crippen LogP) is 7.06. The molecule has 3 fully saturated rings. The number of carbonyl (C=O) groups is 5. The van der Waals surface area contributed by atoms with Crippen molar-refractivity contribution >= 4 is 29.2 Å². The molecule has 0 radical (unpaired) electrons. The van der Waals surface area contributed by atoms with Gasteiger partial charge in [0.15, 0.2) is 5.78 Å². The van der Waals surface area contributed by atoms with E-state index in [0.717, 1.165) is 55.3 Å². The summed E-state index contributed by atoms with van der Waals surface area (Å²) in [6.45, 7) is 14.0. The summed E-state index contributed by atoms with van der Waals surface area (Å²) >= 11 is 0. The highest BCUT2D eigenvalue weighted by Gasteiger charge is 2.52. The molecular weight excluding hydrogens is 857 g/mol. The molecule has 15 nitrogen and oxygen atoms in total. The highest BCUT2D eigenvalue weighted by atomic mass is 16.6. The van der Waals surface area contributed by atoms with Crippen LogP contribution in [0.25, 0.3) is 0 Å². The van der Waals surface area contributed by atoms with Crippen LogP contribution in [0.5, 0.6) is 0 Å². The predicted molar refractivity (Wildman–Crippen MR) is 261 cm³/mol. The fourth-order valence-electron chi connectivity index (χ4n) is 9.97. The number of carboxylic acid groups (broad SMARTS) is 1. The molecule has 0 aromatic carbocycles. The Hall–Kier alpha value is -3.41. The molecule has 6 N–H and O–H groups in total. The Balaban J connectivity index is 0.00000760. The number of aliphatic hydroxyl groups is 2. The van der Waals surface area contributed by atoms with Gasteiger partial charge in [0.05, 0.1) is 18.2 Å². The first-order chi connectivity index (χ1) is 31.7. The van der Waals surface area contributed by atoms with E-state index in [4.69, 9.17) is 25.2 Å². The maximum atomic E-state index is 13.5. The SMILES string of the molecule is CNN(N)C1CCC(C[C@@H](C)CCC(=O)[C@H](C)/C=C(\C)CC(OC)C(=O)C(C)C[C@H](C)/C=C/C=C/C=C(\C)CCC2CCC(C)C(O)(C(=O)C(=O)N3CCCCC3C(=O)O)O2)CC1OC.CO. The molecule has 0 aromatic heterocycles. The molecule has 0 bridgehead atoms. The van der Waals surface area contributed by atoms with Gasteiger partial charge < -0.3 is 34.4 Å². The zero-order valence-corrected chi connectivity index (χ0v) is 42.7. The highest BCUT2D eigenvalue weighted by molar-refractivity contribution is 6.39. The van der Waals surface area contributed by atoms with E-state index >= 15 is 0 Å². The number of nitrogens with two attached hydrogens (primary N) is 1. The van der Waals surface area contributed by atoms with Crippen molar-refractivity contribution in [3.8, 4) is 0 Å². The first kappa shape index (κ1) is 59.7. The molecule has 2 aliphatic heterocycles. The average Bonchev–Trinajstić information content (AvgIpc) is 3.32. The van der Waals surface area contributed by atoms with Crippen LogP contribution in [0.3, 0.4) is 0 Å². The van der Waals surface area contributed by atoms with Crippen molar-refractivity contribution < 1.29 is 53.5 Å². The van der Waals surface area contributed by atoms with Gasteiger partial charge in [0.2, 0.25) is 5.79 Å². The van der Waals surface area contributed by atoms with Gasteiger partial charge in [-0.05, 0) is 115 Å². The van der Waals surface area contributed by atoms with E-state index in [1.807, 2.05) is 65.1 Å². The lowest BCUT2D eigenvalue weighted by Gasteiger charge is -2.42. The number of allylic oxidation sites excluding steroid dienone is 7. The number of aliphatic carboxylic acids is 1. The van der Waals surface area contributed by atoms with Crippen molar-refractivity contribution in [2.24, 2.45) is 41.4 Å². The number of ketones is 3. The number of nitrogens with zero attached hydrogens (tertiary/aromatic N) is 2. The molecule has 1 amide bonds. The van der Waals surface area contributed by atoms with Crippen LogP contribution in [0.1, 0.15) is 145 Å². The summed E-state index contributed by atoms with van der Waals surface area (Å²) in [6, 6.07) is -0.930. The number of methoxy groups -OCH3 is 2. The van der Waals surface area contributed by atoms with Gasteiger partial charge in [-0.3, -0.25) is 25.0 Å². The van der Waals surface area contributed by atoms with Gasteiger partial charge in [0.1, 0.15) is 17.9 Å². The maximum absolute atomic E-state index is 13.5. The number of Topliss-reactive ketones (excluding diaryl/α,β-unsaturated/α-hetero) is 3. The number of hydrogen-bond acceptors (Lipinski definition) is 13. The minimum absolute atomic E-state index is 0.0527. The summed E-state index contributed by atoms with van der Waals surface area (Å²) in [5.74, 6) is 0.914. The molecule has 12 atom stereocenters. The van der Waals surface area contributed by atoms with Gasteiger partial charge in [-0.2, -0.15) is 5.12 Å². The molecule has 2 heterocycles. The van der Waals surface area contributed by atoms with Gasteiger partial charge in [-0.15, -0.1) is 0 Å². The van der Waals surface area contributed by atoms with Crippen molar-refractivity contribution in [2.75, 3.05) is 34.9 Å². The van der Waals surface area contributed by atoms with E-state index in [9.17, 15) is 34.2 Å². The topological polar surface area (TPSA) is 218 Å². The summed E-state index contributed by atoms with van der Waals surface area (Å²) < 4.78 is 17.4. The second kappa shape index (κ2) is 30.3. The van der Waals surface area contributed by atoms with E-state index in [0.29, 0.717) is 69.6 Å². The quantitative estimate of drug-likeness (QED) is 0.0193. The number of carboxylic acids is 1. The fourth-order valence-corrected chi connectivity index (χ4v) is 9.97. The van der Waals surface area contributed by atoms with E-state index in [-0.39, 0.29) is 54.4 Å². The van der Waals surface area contributed by atoms with E-state index < -0.39 is 47.6 Å². The Labute approximate surface area is 401 Å². The molecule has 3 aliphatic rings. The van der Waals surface area contributed by atoms with Crippen LogP contribution >= 0.6 is 0 Å². The lowest BCUT2D eigenvalue weighted by atomic mass is 9.78. The van der Waals surface area contributed by atoms with E-state index in [2.05, 4.69) is 25.3 Å². The second-order valence-electron chi connectivity index (χ2n) is 19.7. The van der Waals surface area contributed by atoms with Crippen LogP contribution in [-0.2, 0) is 38.2 Å². The highest BCUT2D eigenvalue weighted by Crippen LogP contribution is 2.37. The van der Waals surface area contributed by atoms with Gasteiger partial charge in [-0.25, -0.2) is 10.2 Å². The van der Waals surface area contributed by atoms with Gasteiger partial charge in [-0.1, -0.05) is 82.2 Å². The largest absolute Gasteiger partial charge is 0.480 e. The molecule has 0 aromatic rings. The third-order valence-corrected chi connectivity index (χ3v) is 14.2. The van der Waals surface area contributed by atoms with Gasteiger partial charge >= 0.3 is 5.97 Å².